The molecule has 0 aliphatic heterocycles. The fraction of sp³-hybridized carbons (Fsp3) is 0.286. The Hall–Kier alpha value is -1.98. The molecule has 0 fully saturated rings. The van der Waals surface area contributed by atoms with Gasteiger partial charge in [-0.3, -0.25) is 0 Å². The lowest BCUT2D eigenvalue weighted by molar-refractivity contribution is -0.139. The summed E-state index contributed by atoms with van der Waals surface area (Å²) in [4.78, 5) is 11.8. The maximum Gasteiger partial charge on any atom is 0.399 e. The van der Waals surface area contributed by atoms with Crippen LogP contribution in [0.3, 0.4) is 0 Å². The summed E-state index contributed by atoms with van der Waals surface area (Å²) in [5.74, 6) is -2.30. The monoisotopic (exact) mass is 430 g/mol. The van der Waals surface area contributed by atoms with E-state index < -0.39 is 18.1 Å². The molecule has 0 aliphatic rings. The molecule has 2 aromatic rings. The summed E-state index contributed by atoms with van der Waals surface area (Å²) >= 11 is 11.9. The Balaban J connectivity index is 2.37. The standard InChI is InChI=1S/C21H19Cl2F3O2/c1-4-28-20(27)16-7-5-14(9-12(16)2)6-8-17(21(24,25)26)15-10-13(3)19(23)18(22)11-15/h5-11,17H,4H2,1-3H3/b8-6+. The van der Waals surface area contributed by atoms with Crippen LogP contribution in [0, 0.1) is 13.8 Å². The summed E-state index contributed by atoms with van der Waals surface area (Å²) in [5, 5.41) is 0.314. The molecule has 1 atom stereocenters. The van der Waals surface area contributed by atoms with Crippen LogP contribution in [0.15, 0.2) is 36.4 Å². The molecule has 2 nitrogen and oxygen atoms in total. The van der Waals surface area contributed by atoms with Crippen molar-refractivity contribution in [3.8, 4) is 0 Å². The van der Waals surface area contributed by atoms with Gasteiger partial charge in [-0.1, -0.05) is 53.6 Å². The van der Waals surface area contributed by atoms with Crippen molar-refractivity contribution < 1.29 is 22.7 Å². The molecule has 7 heteroatoms. The number of allylic oxidation sites excluding steroid dienone is 1. The van der Waals surface area contributed by atoms with Crippen LogP contribution in [0.25, 0.3) is 6.08 Å². The third-order valence-electron chi connectivity index (χ3n) is 4.17. The van der Waals surface area contributed by atoms with Crippen LogP contribution >= 0.6 is 23.2 Å². The first kappa shape index (κ1) is 22.3. The lowest BCUT2D eigenvalue weighted by Crippen LogP contribution is -2.19. The number of carbonyl (C=O) groups is 1. The minimum absolute atomic E-state index is 0.00974. The molecule has 0 heterocycles. The van der Waals surface area contributed by atoms with E-state index in [2.05, 4.69) is 0 Å². The number of esters is 1. The fourth-order valence-corrected chi connectivity index (χ4v) is 3.16. The van der Waals surface area contributed by atoms with Crippen LogP contribution in [0.5, 0.6) is 0 Å². The number of aryl methyl sites for hydroxylation is 2. The number of alkyl halides is 3. The summed E-state index contributed by atoms with van der Waals surface area (Å²) in [5.41, 5.74) is 2.02. The van der Waals surface area contributed by atoms with Gasteiger partial charge in [0.1, 0.15) is 0 Å². The molecule has 0 spiro atoms. The van der Waals surface area contributed by atoms with Gasteiger partial charge in [-0.2, -0.15) is 13.2 Å². The van der Waals surface area contributed by atoms with E-state index in [1.54, 1.807) is 39.0 Å². The first-order valence-corrected chi connectivity index (χ1v) is 9.28. The highest BCUT2D eigenvalue weighted by molar-refractivity contribution is 6.42. The van der Waals surface area contributed by atoms with Crippen molar-refractivity contribution in [1.82, 2.24) is 0 Å². The van der Waals surface area contributed by atoms with Gasteiger partial charge in [0.15, 0.2) is 0 Å². The quantitative estimate of drug-likeness (QED) is 0.470. The Labute approximate surface area is 171 Å². The fourth-order valence-electron chi connectivity index (χ4n) is 2.78. The van der Waals surface area contributed by atoms with Gasteiger partial charge in [0.2, 0.25) is 0 Å². The predicted molar refractivity (Wildman–Crippen MR) is 106 cm³/mol. The molecule has 0 N–H and O–H groups in total. The molecule has 0 amide bonds. The summed E-state index contributed by atoms with van der Waals surface area (Å²) < 4.78 is 45.8. The Bertz CT molecular complexity index is 882. The van der Waals surface area contributed by atoms with Gasteiger partial charge >= 0.3 is 12.1 Å². The maximum absolute atomic E-state index is 13.6. The van der Waals surface area contributed by atoms with Crippen LogP contribution in [0.2, 0.25) is 10.0 Å². The molecule has 1 unspecified atom stereocenters. The number of halogens is 5. The van der Waals surface area contributed by atoms with Crippen molar-refractivity contribution in [2.45, 2.75) is 32.9 Å². The van der Waals surface area contributed by atoms with Crippen LogP contribution in [-0.4, -0.2) is 18.8 Å². The van der Waals surface area contributed by atoms with E-state index in [0.717, 1.165) is 6.08 Å². The second kappa shape index (κ2) is 9.01. The highest BCUT2D eigenvalue weighted by Gasteiger charge is 2.39. The zero-order valence-corrected chi connectivity index (χ0v) is 17.0. The number of hydrogen-bond acceptors (Lipinski definition) is 2. The molecule has 0 aliphatic carbocycles. The lowest BCUT2D eigenvalue weighted by Gasteiger charge is -2.19. The molecule has 0 radical (unpaired) electrons. The van der Waals surface area contributed by atoms with E-state index in [1.807, 2.05) is 0 Å². The van der Waals surface area contributed by atoms with Crippen molar-refractivity contribution in [2.75, 3.05) is 6.61 Å². The van der Waals surface area contributed by atoms with Gasteiger partial charge in [0.25, 0.3) is 0 Å². The number of benzene rings is 2. The number of rotatable bonds is 5. The van der Waals surface area contributed by atoms with Crippen LogP contribution in [-0.2, 0) is 4.74 Å². The molecule has 2 rings (SSSR count). The Morgan fingerprint density at radius 2 is 1.82 bits per heavy atom. The second-order valence-corrected chi connectivity index (χ2v) is 7.09. The second-order valence-electron chi connectivity index (χ2n) is 6.31. The first-order chi connectivity index (χ1) is 13.0. The lowest BCUT2D eigenvalue weighted by atomic mass is 9.95. The van der Waals surface area contributed by atoms with Gasteiger partial charge in [-0.25, -0.2) is 4.79 Å². The van der Waals surface area contributed by atoms with Crippen molar-refractivity contribution in [3.05, 3.63) is 74.3 Å². The van der Waals surface area contributed by atoms with E-state index >= 15 is 0 Å². The van der Waals surface area contributed by atoms with E-state index in [1.165, 1.54) is 18.2 Å². The molecule has 150 valence electrons. The van der Waals surface area contributed by atoms with Crippen molar-refractivity contribution in [3.63, 3.8) is 0 Å². The molecule has 0 bridgehead atoms. The van der Waals surface area contributed by atoms with Gasteiger partial charge in [0.05, 0.1) is 28.1 Å². The molecule has 0 saturated carbocycles. The maximum atomic E-state index is 13.6. The molecule has 0 saturated heterocycles. The molecule has 0 aromatic heterocycles. The third-order valence-corrected chi connectivity index (χ3v) is 5.07. The third kappa shape index (κ3) is 5.30. The van der Waals surface area contributed by atoms with Gasteiger partial charge in [0, 0.05) is 0 Å². The Kier molecular flexibility index (Phi) is 7.18. The van der Waals surface area contributed by atoms with E-state index in [0.29, 0.717) is 22.3 Å². The number of ether oxygens (including phenoxy) is 1. The molecule has 2 aromatic carbocycles. The van der Waals surface area contributed by atoms with Gasteiger partial charge in [-0.15, -0.1) is 0 Å². The van der Waals surface area contributed by atoms with Crippen molar-refractivity contribution >= 4 is 35.2 Å². The smallest absolute Gasteiger partial charge is 0.399 e. The summed E-state index contributed by atoms with van der Waals surface area (Å²) in [6.07, 6.45) is -2.06. The topological polar surface area (TPSA) is 26.3 Å². The molecule has 28 heavy (non-hydrogen) atoms. The van der Waals surface area contributed by atoms with Crippen LogP contribution < -0.4 is 0 Å². The van der Waals surface area contributed by atoms with Crippen molar-refractivity contribution in [1.29, 1.82) is 0 Å². The van der Waals surface area contributed by atoms with E-state index in [4.69, 9.17) is 27.9 Å². The SMILES string of the molecule is CCOC(=O)c1ccc(/C=C/C(c2cc(C)c(Cl)c(Cl)c2)C(F)(F)F)cc1C. The van der Waals surface area contributed by atoms with Crippen molar-refractivity contribution in [2.24, 2.45) is 0 Å². The normalized spacial score (nSPS) is 13.0. The van der Waals surface area contributed by atoms with Crippen LogP contribution in [0.4, 0.5) is 13.2 Å². The molecular formula is C21H19Cl2F3O2. The predicted octanol–water partition coefficient (Wildman–Crippen LogP) is 7.15. The van der Waals surface area contributed by atoms with Gasteiger partial charge in [-0.05, 0) is 55.2 Å². The van der Waals surface area contributed by atoms with E-state index in [9.17, 15) is 18.0 Å². The Morgan fingerprint density at radius 3 is 2.36 bits per heavy atom. The summed E-state index contributed by atoms with van der Waals surface area (Å²) in [6.45, 7) is 5.25. The average molecular weight is 431 g/mol. The first-order valence-electron chi connectivity index (χ1n) is 8.52. The number of hydrogen-bond donors (Lipinski definition) is 0. The zero-order valence-electron chi connectivity index (χ0n) is 15.5. The highest BCUT2D eigenvalue weighted by atomic mass is 35.5. The van der Waals surface area contributed by atoms with E-state index in [-0.39, 0.29) is 22.2 Å². The minimum atomic E-state index is -4.50. The van der Waals surface area contributed by atoms with Gasteiger partial charge < -0.3 is 4.74 Å². The molecular weight excluding hydrogens is 412 g/mol. The number of carbonyl (C=O) groups excluding carboxylic acids is 1. The van der Waals surface area contributed by atoms with Crippen LogP contribution in [0.1, 0.15) is 45.5 Å². The Morgan fingerprint density at radius 1 is 1.14 bits per heavy atom. The largest absolute Gasteiger partial charge is 0.462 e. The highest BCUT2D eigenvalue weighted by Crippen LogP contribution is 2.39. The minimum Gasteiger partial charge on any atom is -0.462 e. The average Bonchev–Trinajstić information content (AvgIpc) is 2.58. The summed E-state index contributed by atoms with van der Waals surface area (Å²) in [6, 6.07) is 7.36. The zero-order chi connectivity index (χ0) is 21.1. The summed E-state index contributed by atoms with van der Waals surface area (Å²) in [7, 11) is 0.